The number of H-pyrrole nitrogens is 1. The predicted molar refractivity (Wildman–Crippen MR) is 93.4 cm³/mol. The molecule has 6 heteroatoms. The van der Waals surface area contributed by atoms with Gasteiger partial charge in [0.2, 0.25) is 0 Å². The number of aromatic amines is 1. The van der Waals surface area contributed by atoms with Gasteiger partial charge in [0, 0.05) is 18.3 Å². The van der Waals surface area contributed by atoms with Crippen LogP contribution in [0.3, 0.4) is 0 Å². The summed E-state index contributed by atoms with van der Waals surface area (Å²) in [7, 11) is 5.59. The van der Waals surface area contributed by atoms with Gasteiger partial charge >= 0.3 is 0 Å². The maximum Gasteiger partial charge on any atom is 0.254 e. The van der Waals surface area contributed by atoms with Gasteiger partial charge in [-0.2, -0.15) is 0 Å². The number of likely N-dealkylation sites (N-methyl/N-ethyl adjacent to an activating group) is 1. The lowest BCUT2D eigenvalue weighted by Crippen LogP contribution is -2.35. The van der Waals surface area contributed by atoms with E-state index >= 15 is 0 Å². The van der Waals surface area contributed by atoms with E-state index in [1.165, 1.54) is 0 Å². The van der Waals surface area contributed by atoms with Crippen LogP contribution in [0.1, 0.15) is 22.0 Å². The normalized spacial score (nSPS) is 12.0. The van der Waals surface area contributed by atoms with Crippen molar-refractivity contribution >= 4 is 18.1 Å². The number of para-hydroxylation sites is 1. The Hall–Kier alpha value is -2.18. The van der Waals surface area contributed by atoms with Crippen molar-refractivity contribution in [2.24, 2.45) is 0 Å². The highest BCUT2D eigenvalue weighted by molar-refractivity contribution is 7.71. The molecule has 1 heterocycles. The highest BCUT2D eigenvalue weighted by atomic mass is 32.1. The number of nitrogens with one attached hydrogen (secondary N) is 2. The number of hydrogen-bond donors (Lipinski definition) is 2. The fraction of sp³-hybridized carbons (Fsp3) is 0.294. The van der Waals surface area contributed by atoms with Crippen molar-refractivity contribution in [2.75, 3.05) is 27.7 Å². The van der Waals surface area contributed by atoms with Crippen LogP contribution in [0.5, 0.6) is 5.75 Å². The summed E-state index contributed by atoms with van der Waals surface area (Å²) in [6, 6.07) is 11.3. The minimum absolute atomic E-state index is 0.00337. The molecule has 1 unspecified atom stereocenters. The SMILES string of the molecule is COc1ccccc1C(CNC(=O)c1ccc[nH]c1=S)N(C)C. The zero-order valence-corrected chi connectivity index (χ0v) is 14.3. The van der Waals surface area contributed by atoms with E-state index in [4.69, 9.17) is 17.0 Å². The van der Waals surface area contributed by atoms with Gasteiger partial charge in [-0.05, 0) is 32.3 Å². The first-order chi connectivity index (χ1) is 11.0. The van der Waals surface area contributed by atoms with E-state index < -0.39 is 0 Å². The van der Waals surface area contributed by atoms with E-state index in [1.807, 2.05) is 43.3 Å². The molecule has 2 rings (SSSR count). The molecular formula is C17H21N3O2S. The second kappa shape index (κ2) is 7.89. The van der Waals surface area contributed by atoms with Crippen molar-refractivity contribution in [2.45, 2.75) is 6.04 Å². The van der Waals surface area contributed by atoms with Gasteiger partial charge in [-0.15, -0.1) is 0 Å². The molecule has 0 saturated carbocycles. The van der Waals surface area contributed by atoms with Crippen molar-refractivity contribution in [3.8, 4) is 5.75 Å². The molecule has 1 atom stereocenters. The molecule has 1 amide bonds. The fourth-order valence-electron chi connectivity index (χ4n) is 2.40. The lowest BCUT2D eigenvalue weighted by Gasteiger charge is -2.26. The topological polar surface area (TPSA) is 57.4 Å². The zero-order valence-electron chi connectivity index (χ0n) is 13.5. The van der Waals surface area contributed by atoms with E-state index in [0.717, 1.165) is 11.3 Å². The third-order valence-corrected chi connectivity index (χ3v) is 3.98. The number of aromatic nitrogens is 1. The monoisotopic (exact) mass is 331 g/mol. The van der Waals surface area contributed by atoms with E-state index in [2.05, 4.69) is 10.3 Å². The summed E-state index contributed by atoms with van der Waals surface area (Å²) in [5, 5.41) is 2.95. The molecule has 0 aliphatic carbocycles. The van der Waals surface area contributed by atoms with Gasteiger partial charge in [0.15, 0.2) is 0 Å². The quantitative estimate of drug-likeness (QED) is 0.799. The highest BCUT2D eigenvalue weighted by Crippen LogP contribution is 2.27. The first kappa shape index (κ1) is 17.2. The number of ether oxygens (including phenoxy) is 1. The first-order valence-electron chi connectivity index (χ1n) is 7.30. The van der Waals surface area contributed by atoms with Crippen LogP contribution >= 0.6 is 12.2 Å². The summed E-state index contributed by atoms with van der Waals surface area (Å²) in [6.07, 6.45) is 1.70. The maximum absolute atomic E-state index is 12.3. The van der Waals surface area contributed by atoms with Gasteiger partial charge in [-0.25, -0.2) is 0 Å². The Morgan fingerprint density at radius 1 is 1.30 bits per heavy atom. The standard InChI is InChI=1S/C17H21N3O2S/c1-20(2)14(12-7-4-5-9-15(12)22-3)11-19-16(21)13-8-6-10-18-17(13)23/h4-10,14H,11H2,1-3H3,(H,18,23)(H,19,21). The van der Waals surface area contributed by atoms with Crippen LogP contribution < -0.4 is 10.1 Å². The largest absolute Gasteiger partial charge is 0.496 e. The number of rotatable bonds is 6. The Labute approximate surface area is 141 Å². The number of carbonyl (C=O) groups excluding carboxylic acids is 1. The molecule has 0 aliphatic heterocycles. The molecule has 0 fully saturated rings. The third-order valence-electron chi connectivity index (χ3n) is 3.64. The number of hydrogen-bond acceptors (Lipinski definition) is 4. The molecular weight excluding hydrogens is 310 g/mol. The molecule has 23 heavy (non-hydrogen) atoms. The summed E-state index contributed by atoms with van der Waals surface area (Å²) < 4.78 is 5.86. The molecule has 0 aliphatic rings. The Morgan fingerprint density at radius 3 is 2.70 bits per heavy atom. The minimum atomic E-state index is -0.186. The lowest BCUT2D eigenvalue weighted by molar-refractivity contribution is 0.0940. The summed E-state index contributed by atoms with van der Waals surface area (Å²) in [6.45, 7) is 0.454. The maximum atomic E-state index is 12.3. The summed E-state index contributed by atoms with van der Waals surface area (Å²) >= 11 is 5.15. The van der Waals surface area contributed by atoms with Crippen LogP contribution in [-0.2, 0) is 0 Å². The lowest BCUT2D eigenvalue weighted by atomic mass is 10.0. The molecule has 122 valence electrons. The Kier molecular flexibility index (Phi) is 5.90. The smallest absolute Gasteiger partial charge is 0.254 e. The van der Waals surface area contributed by atoms with Crippen LogP contribution in [-0.4, -0.2) is 43.5 Å². The second-order valence-electron chi connectivity index (χ2n) is 5.34. The van der Waals surface area contributed by atoms with Gasteiger partial charge in [0.05, 0.1) is 18.7 Å². The molecule has 2 N–H and O–H groups in total. The van der Waals surface area contributed by atoms with Crippen molar-refractivity contribution in [1.82, 2.24) is 15.2 Å². The predicted octanol–water partition coefficient (Wildman–Crippen LogP) is 2.79. The molecule has 1 aromatic heterocycles. The first-order valence-corrected chi connectivity index (χ1v) is 7.70. The van der Waals surface area contributed by atoms with Gasteiger partial charge < -0.3 is 19.9 Å². The van der Waals surface area contributed by atoms with Crippen molar-refractivity contribution < 1.29 is 9.53 Å². The molecule has 0 spiro atoms. The average molecular weight is 331 g/mol. The fourth-order valence-corrected chi connectivity index (χ4v) is 2.63. The van der Waals surface area contributed by atoms with E-state index in [-0.39, 0.29) is 11.9 Å². The number of methoxy groups -OCH3 is 1. The molecule has 2 aromatic rings. The Morgan fingerprint density at radius 2 is 2.04 bits per heavy atom. The van der Waals surface area contributed by atoms with Gasteiger partial charge in [-0.1, -0.05) is 30.4 Å². The van der Waals surface area contributed by atoms with E-state index in [1.54, 1.807) is 25.4 Å². The number of amides is 1. The number of pyridine rings is 1. The van der Waals surface area contributed by atoms with Crippen molar-refractivity contribution in [3.05, 3.63) is 58.4 Å². The van der Waals surface area contributed by atoms with Gasteiger partial charge in [0.1, 0.15) is 10.4 Å². The number of benzene rings is 1. The van der Waals surface area contributed by atoms with Crippen molar-refractivity contribution in [1.29, 1.82) is 0 Å². The van der Waals surface area contributed by atoms with Crippen LogP contribution in [0.15, 0.2) is 42.6 Å². The van der Waals surface area contributed by atoms with Crippen LogP contribution in [0, 0.1) is 4.64 Å². The molecule has 0 radical (unpaired) electrons. The summed E-state index contributed by atoms with van der Waals surface area (Å²) in [5.41, 5.74) is 1.50. The van der Waals surface area contributed by atoms with Gasteiger partial charge in [-0.3, -0.25) is 4.79 Å². The number of carbonyl (C=O) groups is 1. The Balaban J connectivity index is 2.16. The Bertz CT molecular complexity index is 728. The minimum Gasteiger partial charge on any atom is -0.496 e. The second-order valence-corrected chi connectivity index (χ2v) is 5.75. The molecule has 0 saturated heterocycles. The third kappa shape index (κ3) is 4.18. The molecule has 0 bridgehead atoms. The number of nitrogens with zero attached hydrogens (tertiary/aromatic N) is 1. The van der Waals surface area contributed by atoms with E-state index in [9.17, 15) is 4.79 Å². The summed E-state index contributed by atoms with van der Waals surface area (Å²) in [4.78, 5) is 17.2. The van der Waals surface area contributed by atoms with Crippen LogP contribution in [0.25, 0.3) is 0 Å². The van der Waals surface area contributed by atoms with Crippen molar-refractivity contribution in [3.63, 3.8) is 0 Å². The zero-order chi connectivity index (χ0) is 16.8. The van der Waals surface area contributed by atoms with Crippen LogP contribution in [0.4, 0.5) is 0 Å². The molecule has 5 nitrogen and oxygen atoms in total. The summed E-state index contributed by atoms with van der Waals surface area (Å²) in [5.74, 6) is 0.617. The average Bonchev–Trinajstić information content (AvgIpc) is 2.55. The van der Waals surface area contributed by atoms with Gasteiger partial charge in [0.25, 0.3) is 5.91 Å². The molecule has 1 aromatic carbocycles. The van der Waals surface area contributed by atoms with Crippen LogP contribution in [0.2, 0.25) is 0 Å². The van der Waals surface area contributed by atoms with E-state index in [0.29, 0.717) is 16.7 Å². The highest BCUT2D eigenvalue weighted by Gasteiger charge is 2.19.